The van der Waals surface area contributed by atoms with E-state index in [1.165, 1.54) is 0 Å². The monoisotopic (exact) mass is 495 g/mol. The predicted octanol–water partition coefficient (Wildman–Crippen LogP) is 3.35. The van der Waals surface area contributed by atoms with Crippen molar-refractivity contribution in [3.63, 3.8) is 0 Å². The molecule has 8 heteroatoms. The van der Waals surface area contributed by atoms with Gasteiger partial charge in [0, 0.05) is 38.8 Å². The van der Waals surface area contributed by atoms with E-state index in [2.05, 4.69) is 10.00 Å². The standard InChI is InChI=1S/C28H37N3O5/c1-21-6-4-7-24(14-21)36-20-28(33)19-30(12-10-27(28)32)18-23-8-9-25(26(15-23)34-3)35-13-5-11-31-17-22(2)16-29-31/h4,6-9,14-17,27,32-33H,5,10-13,18-20H2,1-3H3/t27-,28-/m0/s1. The third-order valence-corrected chi connectivity index (χ3v) is 6.50. The molecule has 2 atom stereocenters. The summed E-state index contributed by atoms with van der Waals surface area (Å²) in [5.41, 5.74) is 1.93. The van der Waals surface area contributed by atoms with Crippen LogP contribution in [0.1, 0.15) is 29.5 Å². The molecule has 0 radical (unpaired) electrons. The number of aliphatic hydroxyl groups excluding tert-OH is 1. The first-order valence-electron chi connectivity index (χ1n) is 12.5. The highest BCUT2D eigenvalue weighted by atomic mass is 16.5. The van der Waals surface area contributed by atoms with E-state index < -0.39 is 11.7 Å². The number of β-amino-alcohol motifs (C(OH)–C–C–N with tert-alkyl or cyclic N) is 1. The Morgan fingerprint density at radius 1 is 1.08 bits per heavy atom. The zero-order valence-corrected chi connectivity index (χ0v) is 21.4. The second-order valence-corrected chi connectivity index (χ2v) is 9.69. The molecule has 0 unspecified atom stereocenters. The average Bonchev–Trinajstić information content (AvgIpc) is 3.28. The Balaban J connectivity index is 1.31. The van der Waals surface area contributed by atoms with Gasteiger partial charge in [-0.25, -0.2) is 0 Å². The van der Waals surface area contributed by atoms with Crippen LogP contribution in [0.4, 0.5) is 0 Å². The summed E-state index contributed by atoms with van der Waals surface area (Å²) in [5.74, 6) is 2.07. The third-order valence-electron chi connectivity index (χ3n) is 6.50. The van der Waals surface area contributed by atoms with Crippen molar-refractivity contribution in [2.24, 2.45) is 0 Å². The number of aromatic nitrogens is 2. The number of piperidine rings is 1. The molecule has 36 heavy (non-hydrogen) atoms. The van der Waals surface area contributed by atoms with Gasteiger partial charge in [0.1, 0.15) is 18.0 Å². The number of ether oxygens (including phenoxy) is 3. The lowest BCUT2D eigenvalue weighted by Crippen LogP contribution is -2.59. The molecule has 2 heterocycles. The van der Waals surface area contributed by atoms with Gasteiger partial charge in [-0.1, -0.05) is 18.2 Å². The van der Waals surface area contributed by atoms with Gasteiger partial charge in [0.2, 0.25) is 0 Å². The molecule has 4 rings (SSSR count). The predicted molar refractivity (Wildman–Crippen MR) is 138 cm³/mol. The Kier molecular flexibility index (Phi) is 8.51. The summed E-state index contributed by atoms with van der Waals surface area (Å²) in [4.78, 5) is 2.13. The Morgan fingerprint density at radius 3 is 2.69 bits per heavy atom. The summed E-state index contributed by atoms with van der Waals surface area (Å²) in [6.45, 7) is 7.02. The minimum absolute atomic E-state index is 0.0301. The molecule has 8 nitrogen and oxygen atoms in total. The van der Waals surface area contributed by atoms with Crippen molar-refractivity contribution >= 4 is 0 Å². The lowest BCUT2D eigenvalue weighted by atomic mass is 9.90. The maximum atomic E-state index is 11.2. The van der Waals surface area contributed by atoms with E-state index in [1.54, 1.807) is 7.11 Å². The van der Waals surface area contributed by atoms with Crippen LogP contribution in [0.15, 0.2) is 54.9 Å². The molecule has 194 valence electrons. The second-order valence-electron chi connectivity index (χ2n) is 9.69. The molecule has 1 aliphatic heterocycles. The number of methoxy groups -OCH3 is 1. The Morgan fingerprint density at radius 2 is 1.94 bits per heavy atom. The third kappa shape index (κ3) is 6.78. The molecule has 0 saturated carbocycles. The molecule has 2 aromatic carbocycles. The maximum Gasteiger partial charge on any atom is 0.161 e. The lowest BCUT2D eigenvalue weighted by molar-refractivity contribution is -0.140. The minimum Gasteiger partial charge on any atom is -0.493 e. The van der Waals surface area contributed by atoms with Crippen molar-refractivity contribution in [1.82, 2.24) is 14.7 Å². The van der Waals surface area contributed by atoms with Crippen molar-refractivity contribution in [2.45, 2.75) is 51.5 Å². The number of benzene rings is 2. The van der Waals surface area contributed by atoms with Crippen LogP contribution in [0, 0.1) is 13.8 Å². The fraction of sp³-hybridized carbons (Fsp3) is 0.464. The Hall–Kier alpha value is -3.07. The van der Waals surface area contributed by atoms with Crippen LogP contribution in [-0.4, -0.2) is 70.0 Å². The van der Waals surface area contributed by atoms with Crippen molar-refractivity contribution in [3.8, 4) is 17.2 Å². The number of rotatable bonds is 11. The summed E-state index contributed by atoms with van der Waals surface area (Å²) in [7, 11) is 1.64. The summed E-state index contributed by atoms with van der Waals surface area (Å²) >= 11 is 0. The van der Waals surface area contributed by atoms with E-state index in [1.807, 2.05) is 73.4 Å². The van der Waals surface area contributed by atoms with Gasteiger partial charge in [0.05, 0.1) is 26.0 Å². The van der Waals surface area contributed by atoms with Crippen LogP contribution in [0.5, 0.6) is 17.2 Å². The van der Waals surface area contributed by atoms with Gasteiger partial charge < -0.3 is 24.4 Å². The normalized spacial score (nSPS) is 20.3. The molecular weight excluding hydrogens is 458 g/mol. The number of nitrogens with zero attached hydrogens (tertiary/aromatic N) is 3. The van der Waals surface area contributed by atoms with Gasteiger partial charge in [-0.2, -0.15) is 5.10 Å². The van der Waals surface area contributed by atoms with Gasteiger partial charge in [0.15, 0.2) is 11.5 Å². The van der Waals surface area contributed by atoms with Gasteiger partial charge in [-0.05, 0) is 61.2 Å². The van der Waals surface area contributed by atoms with Crippen LogP contribution in [0.3, 0.4) is 0 Å². The number of likely N-dealkylation sites (tertiary alicyclic amines) is 1. The van der Waals surface area contributed by atoms with Crippen molar-refractivity contribution in [2.75, 3.05) is 33.4 Å². The van der Waals surface area contributed by atoms with Gasteiger partial charge in [-0.3, -0.25) is 9.58 Å². The molecule has 0 spiro atoms. The number of hydrogen-bond acceptors (Lipinski definition) is 7. The summed E-state index contributed by atoms with van der Waals surface area (Å²) in [6, 6.07) is 13.6. The highest BCUT2D eigenvalue weighted by Gasteiger charge is 2.42. The van der Waals surface area contributed by atoms with E-state index in [-0.39, 0.29) is 6.61 Å². The number of aryl methyl sites for hydroxylation is 3. The van der Waals surface area contributed by atoms with Crippen LogP contribution < -0.4 is 14.2 Å². The highest BCUT2D eigenvalue weighted by molar-refractivity contribution is 5.43. The first kappa shape index (κ1) is 26.0. The fourth-order valence-corrected chi connectivity index (χ4v) is 4.52. The zero-order valence-electron chi connectivity index (χ0n) is 21.4. The number of aliphatic hydroxyl groups is 2. The second kappa shape index (κ2) is 11.8. The van der Waals surface area contributed by atoms with Gasteiger partial charge in [-0.15, -0.1) is 0 Å². The zero-order chi connectivity index (χ0) is 25.5. The summed E-state index contributed by atoms with van der Waals surface area (Å²) < 4.78 is 19.3. The molecular formula is C28H37N3O5. The van der Waals surface area contributed by atoms with E-state index in [0.717, 1.165) is 29.7 Å². The molecule has 1 aromatic heterocycles. The lowest BCUT2D eigenvalue weighted by Gasteiger charge is -2.42. The molecule has 0 bridgehead atoms. The highest BCUT2D eigenvalue weighted by Crippen LogP contribution is 2.30. The smallest absolute Gasteiger partial charge is 0.161 e. The Bertz CT molecular complexity index is 1130. The molecule has 1 aliphatic rings. The SMILES string of the molecule is COc1cc(CN2CC[C@H](O)[C@@](O)(COc3cccc(C)c3)C2)ccc1OCCCn1cc(C)cn1. The van der Waals surface area contributed by atoms with Gasteiger partial charge >= 0.3 is 0 Å². The van der Waals surface area contributed by atoms with E-state index in [0.29, 0.717) is 49.9 Å². The molecule has 2 N–H and O–H groups in total. The Labute approximate surface area is 213 Å². The topological polar surface area (TPSA) is 89.2 Å². The maximum absolute atomic E-state index is 11.2. The molecule has 3 aromatic rings. The summed E-state index contributed by atoms with van der Waals surface area (Å²) in [5, 5.41) is 26.0. The largest absolute Gasteiger partial charge is 0.493 e. The van der Waals surface area contributed by atoms with Crippen molar-refractivity contribution in [3.05, 3.63) is 71.5 Å². The van der Waals surface area contributed by atoms with Crippen molar-refractivity contribution in [1.29, 1.82) is 0 Å². The van der Waals surface area contributed by atoms with Crippen LogP contribution >= 0.6 is 0 Å². The number of hydrogen-bond donors (Lipinski definition) is 2. The minimum atomic E-state index is -1.34. The van der Waals surface area contributed by atoms with Crippen LogP contribution in [-0.2, 0) is 13.1 Å². The van der Waals surface area contributed by atoms with Crippen LogP contribution in [0.2, 0.25) is 0 Å². The molecule has 1 fully saturated rings. The van der Waals surface area contributed by atoms with Gasteiger partial charge in [0.25, 0.3) is 0 Å². The fourth-order valence-electron chi connectivity index (χ4n) is 4.52. The average molecular weight is 496 g/mol. The quantitative estimate of drug-likeness (QED) is 0.394. The molecule has 1 saturated heterocycles. The molecule has 0 amide bonds. The molecule has 0 aliphatic carbocycles. The van der Waals surface area contributed by atoms with Crippen LogP contribution in [0.25, 0.3) is 0 Å². The van der Waals surface area contributed by atoms with Crippen molar-refractivity contribution < 1.29 is 24.4 Å². The first-order chi connectivity index (χ1) is 17.3. The van der Waals surface area contributed by atoms with E-state index in [4.69, 9.17) is 14.2 Å². The summed E-state index contributed by atoms with van der Waals surface area (Å²) in [6.07, 6.45) is 4.34. The van der Waals surface area contributed by atoms with E-state index >= 15 is 0 Å². The van der Waals surface area contributed by atoms with E-state index in [9.17, 15) is 10.2 Å². The first-order valence-corrected chi connectivity index (χ1v) is 12.5.